The van der Waals surface area contributed by atoms with Crippen LogP contribution < -0.4 is 5.32 Å². The van der Waals surface area contributed by atoms with Gasteiger partial charge in [-0.15, -0.1) is 23.1 Å². The fourth-order valence-corrected chi connectivity index (χ4v) is 6.76. The lowest BCUT2D eigenvalue weighted by Crippen LogP contribution is -2.31. The van der Waals surface area contributed by atoms with Gasteiger partial charge in [0.25, 0.3) is 5.91 Å². The van der Waals surface area contributed by atoms with Crippen LogP contribution in [0.4, 0.5) is 24.8 Å². The van der Waals surface area contributed by atoms with Gasteiger partial charge < -0.3 is 15.1 Å². The normalized spacial score (nSPS) is 17.8. The predicted molar refractivity (Wildman–Crippen MR) is 134 cm³/mol. The Morgan fingerprint density at radius 3 is 2.64 bits per heavy atom. The smallest absolute Gasteiger partial charge is 0.340 e. The number of carbonyl (C=O) groups is 1. The molecule has 0 unspecified atom stereocenters. The number of alkyl halides is 3. The molecule has 5 heterocycles. The number of aromatic nitrogens is 4. The Balaban J connectivity index is 1.47. The number of hydrogen-bond donors (Lipinski definition) is 1. The van der Waals surface area contributed by atoms with Crippen LogP contribution in [0.2, 0.25) is 0 Å². The molecule has 0 aromatic carbocycles. The minimum Gasteiger partial charge on any atom is -0.340 e. The van der Waals surface area contributed by atoms with Gasteiger partial charge in [0, 0.05) is 36.6 Å². The number of anilines is 2. The molecule has 192 valence electrons. The van der Waals surface area contributed by atoms with Gasteiger partial charge in [0.05, 0.1) is 28.0 Å². The molecule has 0 bridgehead atoms. The maximum atomic E-state index is 13.9. The zero-order valence-corrected chi connectivity index (χ0v) is 21.7. The van der Waals surface area contributed by atoms with Crippen molar-refractivity contribution in [1.29, 1.82) is 0 Å². The molecule has 3 aromatic rings. The summed E-state index contributed by atoms with van der Waals surface area (Å²) >= 11 is 2.50. The highest BCUT2D eigenvalue weighted by Gasteiger charge is 2.37. The van der Waals surface area contributed by atoms with Crippen molar-refractivity contribution in [2.24, 2.45) is 0 Å². The van der Waals surface area contributed by atoms with Gasteiger partial charge in [-0.1, -0.05) is 0 Å². The van der Waals surface area contributed by atoms with E-state index < -0.39 is 11.7 Å². The third-order valence-corrected chi connectivity index (χ3v) is 8.75. The molecule has 0 spiro atoms. The van der Waals surface area contributed by atoms with Crippen molar-refractivity contribution in [2.45, 2.75) is 36.9 Å². The first-order chi connectivity index (χ1) is 17.1. The Kier molecular flexibility index (Phi) is 6.72. The molecule has 0 aliphatic carbocycles. The lowest BCUT2D eigenvalue weighted by molar-refractivity contribution is -0.137. The summed E-state index contributed by atoms with van der Waals surface area (Å²) in [4.78, 5) is 26.2. The average molecular weight is 538 g/mol. The maximum absolute atomic E-state index is 13.9. The third kappa shape index (κ3) is 4.96. The molecule has 5 rings (SSSR count). The van der Waals surface area contributed by atoms with E-state index in [-0.39, 0.29) is 28.5 Å². The quantitative estimate of drug-likeness (QED) is 0.506. The summed E-state index contributed by atoms with van der Waals surface area (Å²) in [6, 6.07) is 1.90. The molecule has 0 atom stereocenters. The summed E-state index contributed by atoms with van der Waals surface area (Å²) in [5.74, 6) is 0.530. The topological polar surface area (TPSA) is 79.2 Å². The second kappa shape index (κ2) is 9.67. The van der Waals surface area contributed by atoms with Gasteiger partial charge >= 0.3 is 6.18 Å². The van der Waals surface area contributed by atoms with Crippen molar-refractivity contribution < 1.29 is 18.0 Å². The first kappa shape index (κ1) is 25.0. The van der Waals surface area contributed by atoms with Gasteiger partial charge in [-0.2, -0.15) is 18.3 Å². The van der Waals surface area contributed by atoms with Gasteiger partial charge in [-0.3, -0.25) is 9.48 Å². The summed E-state index contributed by atoms with van der Waals surface area (Å²) < 4.78 is 43.6. The van der Waals surface area contributed by atoms with Crippen LogP contribution >= 0.6 is 23.1 Å². The zero-order valence-electron chi connectivity index (χ0n) is 20.1. The van der Waals surface area contributed by atoms with Crippen molar-refractivity contribution in [3.8, 4) is 10.6 Å². The van der Waals surface area contributed by atoms with Crippen LogP contribution in [0.1, 0.15) is 39.8 Å². The average Bonchev–Trinajstić information content (AvgIpc) is 3.38. The van der Waals surface area contributed by atoms with E-state index >= 15 is 0 Å². The summed E-state index contributed by atoms with van der Waals surface area (Å²) in [6.07, 6.45) is -0.0179. The monoisotopic (exact) mass is 537 g/mol. The van der Waals surface area contributed by atoms with Crippen LogP contribution in [-0.4, -0.2) is 74.9 Å². The Morgan fingerprint density at radius 1 is 1.17 bits per heavy atom. The van der Waals surface area contributed by atoms with Crippen molar-refractivity contribution in [3.05, 3.63) is 34.6 Å². The molecule has 0 radical (unpaired) electrons. The molecule has 0 saturated carbocycles. The number of thioether (sulfide) groups is 1. The Bertz CT molecular complexity index is 1280. The summed E-state index contributed by atoms with van der Waals surface area (Å²) in [7, 11) is 3.79. The van der Waals surface area contributed by atoms with E-state index in [9.17, 15) is 18.0 Å². The fraction of sp³-hybridized carbons (Fsp3) is 0.478. The zero-order chi connectivity index (χ0) is 25.6. The summed E-state index contributed by atoms with van der Waals surface area (Å²) in [5, 5.41) is 7.68. The SMILES string of the molecule is Cc1nn(C2CCN(C)CC2)cc1Nc1ncc(C(F)(F)F)c(-c2cc3c(s2)C(=O)N(C)CCS3)n1. The largest absolute Gasteiger partial charge is 0.420 e. The number of nitrogens with one attached hydrogen (secondary N) is 1. The number of hydrogen-bond acceptors (Lipinski definition) is 8. The van der Waals surface area contributed by atoms with E-state index in [0.717, 1.165) is 43.5 Å². The number of amides is 1. The highest BCUT2D eigenvalue weighted by molar-refractivity contribution is 7.99. The van der Waals surface area contributed by atoms with Crippen molar-refractivity contribution in [2.75, 3.05) is 44.8 Å². The van der Waals surface area contributed by atoms with Crippen LogP contribution in [0.3, 0.4) is 0 Å². The number of piperidine rings is 1. The summed E-state index contributed by atoms with van der Waals surface area (Å²) in [6.45, 7) is 4.40. The predicted octanol–water partition coefficient (Wildman–Crippen LogP) is 4.92. The standard InChI is InChI=1S/C23H26F3N7OS2/c1-13-16(12-33(30-13)14-4-6-31(2)7-5-14)28-22-27-11-15(23(24,25)26)19(29-22)17-10-18-20(36-17)21(34)32(3)8-9-35-18/h10-12,14H,4-9H2,1-3H3,(H,27,28,29). The molecule has 2 aliphatic heterocycles. The maximum Gasteiger partial charge on any atom is 0.420 e. The molecule has 8 nitrogen and oxygen atoms in total. The van der Waals surface area contributed by atoms with E-state index in [1.165, 1.54) is 11.8 Å². The number of halogens is 3. The molecule has 13 heteroatoms. The Hall–Kier alpha value is -2.64. The number of carbonyl (C=O) groups excluding carboxylic acids is 1. The number of likely N-dealkylation sites (tertiary alicyclic amines) is 1. The van der Waals surface area contributed by atoms with Gasteiger partial charge in [-0.25, -0.2) is 9.97 Å². The van der Waals surface area contributed by atoms with Crippen LogP contribution in [0.25, 0.3) is 10.6 Å². The second-order valence-corrected chi connectivity index (χ2v) is 11.3. The Labute approximate surface area is 214 Å². The van der Waals surface area contributed by atoms with Gasteiger partial charge in [0.1, 0.15) is 10.4 Å². The van der Waals surface area contributed by atoms with Crippen molar-refractivity contribution >= 4 is 40.6 Å². The van der Waals surface area contributed by atoms with Crippen molar-refractivity contribution in [1.82, 2.24) is 29.5 Å². The van der Waals surface area contributed by atoms with E-state index in [4.69, 9.17) is 0 Å². The van der Waals surface area contributed by atoms with Gasteiger partial charge in [-0.05, 0) is 46.0 Å². The first-order valence-corrected chi connectivity index (χ1v) is 13.4. The van der Waals surface area contributed by atoms with E-state index in [0.29, 0.717) is 33.5 Å². The number of thiophene rings is 1. The van der Waals surface area contributed by atoms with Crippen LogP contribution in [0.15, 0.2) is 23.4 Å². The van der Waals surface area contributed by atoms with E-state index in [1.54, 1.807) is 18.0 Å². The van der Waals surface area contributed by atoms with Crippen LogP contribution in [0.5, 0.6) is 0 Å². The minimum absolute atomic E-state index is 0.0451. The molecule has 36 heavy (non-hydrogen) atoms. The van der Waals surface area contributed by atoms with Gasteiger partial charge in [0.2, 0.25) is 5.95 Å². The molecule has 1 saturated heterocycles. The summed E-state index contributed by atoms with van der Waals surface area (Å²) in [5.41, 5.74) is 0.185. The number of nitrogens with zero attached hydrogens (tertiary/aromatic N) is 6. The van der Waals surface area contributed by atoms with E-state index in [2.05, 4.69) is 32.3 Å². The van der Waals surface area contributed by atoms with Crippen molar-refractivity contribution in [3.63, 3.8) is 0 Å². The van der Waals surface area contributed by atoms with Crippen LogP contribution in [-0.2, 0) is 6.18 Å². The van der Waals surface area contributed by atoms with Gasteiger partial charge in [0.15, 0.2) is 0 Å². The van der Waals surface area contributed by atoms with E-state index in [1.807, 2.05) is 17.8 Å². The lowest BCUT2D eigenvalue weighted by Gasteiger charge is -2.28. The first-order valence-electron chi connectivity index (χ1n) is 11.6. The second-order valence-electron chi connectivity index (χ2n) is 9.10. The Morgan fingerprint density at radius 2 is 1.92 bits per heavy atom. The number of rotatable bonds is 4. The molecule has 3 aromatic heterocycles. The minimum atomic E-state index is -4.64. The number of fused-ring (bicyclic) bond motifs is 1. The van der Waals surface area contributed by atoms with Crippen LogP contribution in [0, 0.1) is 6.92 Å². The molecule has 2 aliphatic rings. The molecule has 1 N–H and O–H groups in total. The lowest BCUT2D eigenvalue weighted by atomic mass is 10.1. The molecular weight excluding hydrogens is 511 g/mol. The molecular formula is C23H26F3N7OS2. The highest BCUT2D eigenvalue weighted by atomic mass is 32.2. The highest BCUT2D eigenvalue weighted by Crippen LogP contribution is 2.43. The third-order valence-electron chi connectivity index (χ3n) is 6.48. The molecule has 1 fully saturated rings. The number of aryl methyl sites for hydroxylation is 1. The molecule has 1 amide bonds. The fourth-order valence-electron chi connectivity index (χ4n) is 4.32.